The molecule has 0 saturated heterocycles. The van der Waals surface area contributed by atoms with Crippen molar-refractivity contribution in [3.8, 4) is 0 Å². The predicted octanol–water partition coefficient (Wildman–Crippen LogP) is 0.820. The highest BCUT2D eigenvalue weighted by atomic mass is 16.4. The topological polar surface area (TPSA) is 82.3 Å². The van der Waals surface area contributed by atoms with Gasteiger partial charge in [-0.05, 0) is 11.5 Å². The van der Waals surface area contributed by atoms with Crippen LogP contribution in [-0.4, -0.2) is 41.0 Å². The van der Waals surface area contributed by atoms with Crippen molar-refractivity contribution in [2.24, 2.45) is 15.9 Å². The number of aliphatic carboxylic acids is 1. The molecule has 0 aliphatic carbocycles. The van der Waals surface area contributed by atoms with Crippen LogP contribution in [0.2, 0.25) is 0 Å². The number of hydrogen-bond donors (Lipinski definition) is 1. The van der Waals surface area contributed by atoms with Gasteiger partial charge in [-0.25, -0.2) is 9.79 Å². The fourth-order valence-corrected chi connectivity index (χ4v) is 2.00. The molecule has 0 fully saturated rings. The largest absolute Gasteiger partial charge is 0.478 e. The average molecular weight is 247 g/mol. The van der Waals surface area contributed by atoms with Gasteiger partial charge in [-0.15, -0.1) is 0 Å². The molecule has 1 N–H and O–H groups in total. The normalized spacial score (nSPS) is 23.5. The highest BCUT2D eigenvalue weighted by Crippen LogP contribution is 2.28. The van der Waals surface area contributed by atoms with Crippen LogP contribution in [0.5, 0.6) is 0 Å². The molecule has 2 aliphatic heterocycles. The first-order chi connectivity index (χ1) is 8.59. The Morgan fingerprint density at radius 3 is 3.11 bits per heavy atom. The highest BCUT2D eigenvalue weighted by molar-refractivity contribution is 5.95. The van der Waals surface area contributed by atoms with Crippen molar-refractivity contribution in [1.82, 2.24) is 4.90 Å². The number of nitrogens with zero attached hydrogens (tertiary/aromatic N) is 3. The second-order valence-electron chi connectivity index (χ2n) is 4.17. The lowest BCUT2D eigenvalue weighted by molar-refractivity contribution is -0.131. The maximum atomic E-state index is 11.9. The third-order valence-corrected chi connectivity index (χ3v) is 2.91. The average Bonchev–Trinajstić information content (AvgIpc) is 2.54. The van der Waals surface area contributed by atoms with E-state index in [1.807, 2.05) is 6.92 Å². The second kappa shape index (κ2) is 4.95. The van der Waals surface area contributed by atoms with Crippen molar-refractivity contribution in [3.63, 3.8) is 0 Å². The molecule has 0 aromatic carbocycles. The maximum absolute atomic E-state index is 11.9. The molecule has 1 atom stereocenters. The van der Waals surface area contributed by atoms with E-state index in [0.717, 1.165) is 11.6 Å². The van der Waals surface area contributed by atoms with Crippen molar-refractivity contribution in [2.45, 2.75) is 13.3 Å². The minimum atomic E-state index is -1.09. The van der Waals surface area contributed by atoms with Crippen LogP contribution >= 0.6 is 0 Å². The van der Waals surface area contributed by atoms with E-state index in [2.05, 4.69) is 9.98 Å². The van der Waals surface area contributed by atoms with Gasteiger partial charge in [0.05, 0.1) is 18.5 Å². The Labute approximate surface area is 104 Å². The molecule has 18 heavy (non-hydrogen) atoms. The molecule has 0 aromatic heterocycles. The van der Waals surface area contributed by atoms with E-state index in [1.165, 1.54) is 17.4 Å². The smallest absolute Gasteiger partial charge is 0.329 e. The van der Waals surface area contributed by atoms with E-state index >= 15 is 0 Å². The molecule has 1 unspecified atom stereocenters. The van der Waals surface area contributed by atoms with Gasteiger partial charge in [-0.2, -0.15) is 0 Å². The van der Waals surface area contributed by atoms with Crippen LogP contribution in [0.1, 0.15) is 13.3 Å². The molecule has 2 rings (SSSR count). The van der Waals surface area contributed by atoms with Gasteiger partial charge in [0.15, 0.2) is 0 Å². The summed E-state index contributed by atoms with van der Waals surface area (Å²) in [5, 5.41) is 8.63. The maximum Gasteiger partial charge on any atom is 0.329 e. The molecule has 6 heteroatoms. The summed E-state index contributed by atoms with van der Waals surface area (Å²) in [6, 6.07) is 0. The zero-order chi connectivity index (χ0) is 13.1. The van der Waals surface area contributed by atoms with Crippen LogP contribution in [-0.2, 0) is 9.59 Å². The minimum absolute atomic E-state index is 0.101. The summed E-state index contributed by atoms with van der Waals surface area (Å²) >= 11 is 0. The Morgan fingerprint density at radius 1 is 1.61 bits per heavy atom. The van der Waals surface area contributed by atoms with Gasteiger partial charge in [-0.1, -0.05) is 6.92 Å². The summed E-state index contributed by atoms with van der Waals surface area (Å²) in [5.41, 5.74) is 1.64. The summed E-state index contributed by atoms with van der Waals surface area (Å²) in [4.78, 5) is 31.9. The first-order valence-electron chi connectivity index (χ1n) is 5.57. The molecule has 0 spiro atoms. The number of allylic oxidation sites excluding steroid dienone is 1. The van der Waals surface area contributed by atoms with Gasteiger partial charge < -0.3 is 5.11 Å². The first kappa shape index (κ1) is 12.2. The minimum Gasteiger partial charge on any atom is -0.478 e. The molecule has 0 radical (unpaired) electrons. The van der Waals surface area contributed by atoms with Gasteiger partial charge >= 0.3 is 5.97 Å². The second-order valence-corrected chi connectivity index (χ2v) is 4.17. The zero-order valence-electron chi connectivity index (χ0n) is 9.91. The molecular formula is C12H13N3O3. The van der Waals surface area contributed by atoms with Crippen LogP contribution < -0.4 is 0 Å². The summed E-state index contributed by atoms with van der Waals surface area (Å²) in [6.07, 6.45) is 5.55. The lowest BCUT2D eigenvalue weighted by atomic mass is 9.91. The van der Waals surface area contributed by atoms with Crippen molar-refractivity contribution in [3.05, 3.63) is 23.5 Å². The van der Waals surface area contributed by atoms with Crippen LogP contribution in [0.3, 0.4) is 0 Å². The fourth-order valence-electron chi connectivity index (χ4n) is 2.00. The number of carboxylic acid groups (broad SMARTS) is 1. The van der Waals surface area contributed by atoms with Gasteiger partial charge in [0.2, 0.25) is 5.91 Å². The standard InChI is InChI=1S/C12H13N3O3/c1-8-4-11(16)15(3-2-12(17)18)10-6-14-7-13-5-9(8)10/h2-3,6-8H,4-5H2,1H3,(H,17,18)/b3-2+. The number of rotatable bonds is 2. The molecule has 0 bridgehead atoms. The Kier molecular flexibility index (Phi) is 3.36. The zero-order valence-corrected chi connectivity index (χ0v) is 9.91. The SMILES string of the molecule is CC1CC(=O)N(/C=C/C(=O)O)C2=C1CN=CN=C2. The Balaban J connectivity index is 2.40. The van der Waals surface area contributed by atoms with Crippen LogP contribution in [0.25, 0.3) is 0 Å². The Bertz CT molecular complexity index is 503. The third-order valence-electron chi connectivity index (χ3n) is 2.91. The summed E-state index contributed by atoms with van der Waals surface area (Å²) in [5.74, 6) is -1.12. The third kappa shape index (κ3) is 2.37. The van der Waals surface area contributed by atoms with Gasteiger partial charge in [0.1, 0.15) is 6.34 Å². The molecule has 1 amide bonds. The molecule has 6 nitrogen and oxygen atoms in total. The van der Waals surface area contributed by atoms with Crippen LogP contribution in [0.4, 0.5) is 0 Å². The number of amides is 1. The van der Waals surface area contributed by atoms with E-state index < -0.39 is 5.97 Å². The molecule has 94 valence electrons. The van der Waals surface area contributed by atoms with Crippen LogP contribution in [0.15, 0.2) is 33.5 Å². The number of aliphatic imine (C=N–C) groups is 2. The van der Waals surface area contributed by atoms with E-state index in [0.29, 0.717) is 18.7 Å². The number of carbonyl (C=O) groups excluding carboxylic acids is 1. The molecule has 2 heterocycles. The van der Waals surface area contributed by atoms with E-state index in [-0.39, 0.29) is 11.8 Å². The lowest BCUT2D eigenvalue weighted by Gasteiger charge is -2.30. The Hall–Kier alpha value is -2.24. The monoisotopic (exact) mass is 247 g/mol. The molecular weight excluding hydrogens is 234 g/mol. The van der Waals surface area contributed by atoms with Crippen LogP contribution in [0, 0.1) is 5.92 Å². The highest BCUT2D eigenvalue weighted by Gasteiger charge is 2.29. The fraction of sp³-hybridized carbons (Fsp3) is 0.333. The number of carboxylic acids is 1. The van der Waals surface area contributed by atoms with E-state index in [4.69, 9.17) is 5.11 Å². The van der Waals surface area contributed by atoms with E-state index in [9.17, 15) is 9.59 Å². The van der Waals surface area contributed by atoms with Gasteiger partial charge in [0, 0.05) is 18.7 Å². The summed E-state index contributed by atoms with van der Waals surface area (Å²) in [7, 11) is 0. The van der Waals surface area contributed by atoms with Crippen molar-refractivity contribution < 1.29 is 14.7 Å². The quantitative estimate of drug-likeness (QED) is 0.733. The Morgan fingerprint density at radius 2 is 2.39 bits per heavy atom. The van der Waals surface area contributed by atoms with Gasteiger partial charge in [-0.3, -0.25) is 14.7 Å². The van der Waals surface area contributed by atoms with Crippen molar-refractivity contribution >= 4 is 24.4 Å². The molecule has 0 aromatic rings. The predicted molar refractivity (Wildman–Crippen MR) is 66.3 cm³/mol. The summed E-state index contributed by atoms with van der Waals surface area (Å²) < 4.78 is 0. The lowest BCUT2D eigenvalue weighted by Crippen LogP contribution is -2.34. The molecule has 2 aliphatic rings. The first-order valence-corrected chi connectivity index (χ1v) is 5.57. The number of hydrogen-bond acceptors (Lipinski definition) is 4. The summed E-state index contributed by atoms with van der Waals surface area (Å²) in [6.45, 7) is 2.45. The van der Waals surface area contributed by atoms with Crippen molar-refractivity contribution in [2.75, 3.05) is 6.54 Å². The van der Waals surface area contributed by atoms with Crippen molar-refractivity contribution in [1.29, 1.82) is 0 Å². The van der Waals surface area contributed by atoms with Gasteiger partial charge in [0.25, 0.3) is 0 Å². The number of carbonyl (C=O) groups is 2. The molecule has 0 saturated carbocycles. The van der Waals surface area contributed by atoms with E-state index in [1.54, 1.807) is 6.21 Å².